The summed E-state index contributed by atoms with van der Waals surface area (Å²) in [5, 5.41) is 0. The topological polar surface area (TPSA) is 86.4 Å². The smallest absolute Gasteiger partial charge is 0.227 e. The number of sulfonamides is 1. The van der Waals surface area contributed by atoms with Gasteiger partial charge in [-0.15, -0.1) is 0 Å². The van der Waals surface area contributed by atoms with Crippen LogP contribution in [-0.2, 0) is 21.2 Å². The molecule has 0 radical (unpaired) electrons. The zero-order valence-corrected chi connectivity index (χ0v) is 13.1. The van der Waals surface area contributed by atoms with Crippen molar-refractivity contribution in [3.8, 4) is 0 Å². The van der Waals surface area contributed by atoms with E-state index in [9.17, 15) is 13.2 Å². The van der Waals surface area contributed by atoms with Crippen molar-refractivity contribution < 1.29 is 13.2 Å². The van der Waals surface area contributed by atoms with Crippen LogP contribution in [0.4, 0.5) is 0 Å². The number of aromatic amines is 1. The van der Waals surface area contributed by atoms with E-state index in [2.05, 4.69) is 9.97 Å². The molecule has 1 aliphatic heterocycles. The van der Waals surface area contributed by atoms with Gasteiger partial charge in [-0.2, -0.15) is 4.31 Å². The fourth-order valence-electron chi connectivity index (χ4n) is 2.65. The van der Waals surface area contributed by atoms with Gasteiger partial charge in [0.15, 0.2) is 0 Å². The van der Waals surface area contributed by atoms with E-state index >= 15 is 0 Å². The van der Waals surface area contributed by atoms with Crippen LogP contribution in [0.15, 0.2) is 24.5 Å². The largest absolute Gasteiger partial charge is 0.345 e. The van der Waals surface area contributed by atoms with E-state index in [4.69, 9.17) is 0 Å². The molecule has 8 heteroatoms. The Hall–Kier alpha value is -1.93. The Labute approximate surface area is 129 Å². The van der Waals surface area contributed by atoms with Crippen LogP contribution in [0.25, 0.3) is 11.0 Å². The van der Waals surface area contributed by atoms with Crippen LogP contribution in [-0.4, -0.2) is 65.9 Å². The summed E-state index contributed by atoms with van der Waals surface area (Å²) < 4.78 is 24.3. The number of carbonyl (C=O) groups is 1. The van der Waals surface area contributed by atoms with E-state index in [-0.39, 0.29) is 5.91 Å². The number of H-pyrrole nitrogens is 1. The molecule has 7 nitrogen and oxygen atoms in total. The predicted molar refractivity (Wildman–Crippen MR) is 82.8 cm³/mol. The summed E-state index contributed by atoms with van der Waals surface area (Å²) in [5.41, 5.74) is 2.71. The number of nitrogens with zero attached hydrogens (tertiary/aromatic N) is 3. The van der Waals surface area contributed by atoms with Gasteiger partial charge in [0.1, 0.15) is 0 Å². The van der Waals surface area contributed by atoms with E-state index in [1.54, 1.807) is 11.2 Å². The van der Waals surface area contributed by atoms with Crippen LogP contribution in [0.3, 0.4) is 0 Å². The van der Waals surface area contributed by atoms with Crippen LogP contribution in [0, 0.1) is 0 Å². The Morgan fingerprint density at radius 2 is 2.00 bits per heavy atom. The maximum Gasteiger partial charge on any atom is 0.227 e. The van der Waals surface area contributed by atoms with Crippen molar-refractivity contribution in [3.63, 3.8) is 0 Å². The van der Waals surface area contributed by atoms with Crippen LogP contribution < -0.4 is 0 Å². The lowest BCUT2D eigenvalue weighted by molar-refractivity contribution is -0.131. The number of benzene rings is 1. The van der Waals surface area contributed by atoms with E-state index < -0.39 is 10.0 Å². The summed E-state index contributed by atoms with van der Waals surface area (Å²) in [6, 6.07) is 5.71. The van der Waals surface area contributed by atoms with Crippen molar-refractivity contribution >= 4 is 27.0 Å². The molecule has 0 spiro atoms. The summed E-state index contributed by atoms with van der Waals surface area (Å²) in [5.74, 6) is 0.0204. The van der Waals surface area contributed by atoms with Gasteiger partial charge in [-0.1, -0.05) is 6.07 Å². The third-order valence-electron chi connectivity index (χ3n) is 3.90. The summed E-state index contributed by atoms with van der Waals surface area (Å²) >= 11 is 0. The van der Waals surface area contributed by atoms with E-state index in [0.29, 0.717) is 32.6 Å². The van der Waals surface area contributed by atoms with Crippen molar-refractivity contribution in [3.05, 3.63) is 30.1 Å². The maximum absolute atomic E-state index is 12.3. The number of hydrogen-bond acceptors (Lipinski definition) is 4. The molecule has 0 bridgehead atoms. The van der Waals surface area contributed by atoms with E-state index in [0.717, 1.165) is 16.6 Å². The molecule has 0 unspecified atom stereocenters. The van der Waals surface area contributed by atoms with Gasteiger partial charge >= 0.3 is 0 Å². The van der Waals surface area contributed by atoms with E-state index in [1.165, 1.54) is 10.6 Å². The first-order valence-corrected chi connectivity index (χ1v) is 8.93. The molecule has 1 amide bonds. The quantitative estimate of drug-likeness (QED) is 0.875. The number of amides is 1. The second-order valence-electron chi connectivity index (χ2n) is 5.47. The molecule has 0 saturated carbocycles. The summed E-state index contributed by atoms with van der Waals surface area (Å²) in [7, 11) is -3.17. The minimum absolute atomic E-state index is 0.0204. The first-order chi connectivity index (χ1) is 10.4. The van der Waals surface area contributed by atoms with Gasteiger partial charge in [0, 0.05) is 26.2 Å². The van der Waals surface area contributed by atoms with Crippen LogP contribution in [0.2, 0.25) is 0 Å². The highest BCUT2D eigenvalue weighted by Crippen LogP contribution is 2.14. The molecule has 22 heavy (non-hydrogen) atoms. The predicted octanol–water partition coefficient (Wildman–Crippen LogP) is 0.209. The van der Waals surface area contributed by atoms with Crippen LogP contribution in [0.5, 0.6) is 0 Å². The number of carbonyl (C=O) groups excluding carboxylic acids is 1. The number of nitrogens with one attached hydrogen (secondary N) is 1. The average Bonchev–Trinajstić information content (AvgIpc) is 2.94. The Morgan fingerprint density at radius 3 is 2.68 bits per heavy atom. The number of fused-ring (bicyclic) bond motifs is 1. The first kappa shape index (κ1) is 15.0. The minimum Gasteiger partial charge on any atom is -0.345 e. The molecule has 2 heterocycles. The highest BCUT2D eigenvalue weighted by Gasteiger charge is 2.25. The number of rotatable bonds is 3. The summed E-state index contributed by atoms with van der Waals surface area (Å²) in [6.07, 6.45) is 3.14. The fraction of sp³-hybridized carbons (Fsp3) is 0.429. The molecular weight excluding hydrogens is 304 g/mol. The molecule has 3 rings (SSSR count). The van der Waals surface area contributed by atoms with E-state index in [1.807, 2.05) is 18.2 Å². The van der Waals surface area contributed by atoms with Gasteiger partial charge in [-0.25, -0.2) is 13.4 Å². The SMILES string of the molecule is CS(=O)(=O)N1CCN(C(=O)Cc2ccc3nc[nH]c3c2)CC1. The lowest BCUT2D eigenvalue weighted by Gasteiger charge is -2.33. The van der Waals surface area contributed by atoms with Gasteiger partial charge in [0.25, 0.3) is 0 Å². The summed E-state index contributed by atoms with van der Waals surface area (Å²) in [6.45, 7) is 1.62. The lowest BCUT2D eigenvalue weighted by atomic mass is 10.1. The highest BCUT2D eigenvalue weighted by molar-refractivity contribution is 7.88. The Bertz CT molecular complexity index is 791. The molecular formula is C14H18N4O3S. The minimum atomic E-state index is -3.17. The van der Waals surface area contributed by atoms with Crippen LogP contribution in [0.1, 0.15) is 5.56 Å². The van der Waals surface area contributed by atoms with Gasteiger partial charge in [-0.3, -0.25) is 4.79 Å². The van der Waals surface area contributed by atoms with Crippen LogP contribution >= 0.6 is 0 Å². The molecule has 1 fully saturated rings. The van der Waals surface area contributed by atoms with Gasteiger partial charge < -0.3 is 9.88 Å². The molecule has 1 aromatic heterocycles. The van der Waals surface area contributed by atoms with Crippen molar-refractivity contribution in [2.45, 2.75) is 6.42 Å². The molecule has 2 aromatic rings. The zero-order chi connectivity index (χ0) is 15.7. The number of hydrogen-bond donors (Lipinski definition) is 1. The monoisotopic (exact) mass is 322 g/mol. The fourth-order valence-corrected chi connectivity index (χ4v) is 3.47. The lowest BCUT2D eigenvalue weighted by Crippen LogP contribution is -2.50. The van der Waals surface area contributed by atoms with Crippen molar-refractivity contribution in [2.24, 2.45) is 0 Å². The molecule has 1 N–H and O–H groups in total. The van der Waals surface area contributed by atoms with Crippen molar-refractivity contribution in [1.82, 2.24) is 19.2 Å². The second-order valence-corrected chi connectivity index (χ2v) is 7.46. The zero-order valence-electron chi connectivity index (χ0n) is 12.3. The van der Waals surface area contributed by atoms with Gasteiger partial charge in [0.05, 0.1) is 30.0 Å². The number of piperazine rings is 1. The molecule has 0 atom stereocenters. The Balaban J connectivity index is 1.63. The molecule has 118 valence electrons. The average molecular weight is 322 g/mol. The normalized spacial score (nSPS) is 17.0. The Kier molecular flexibility index (Phi) is 3.88. The Morgan fingerprint density at radius 1 is 1.27 bits per heavy atom. The third-order valence-corrected chi connectivity index (χ3v) is 5.20. The number of aromatic nitrogens is 2. The number of imidazole rings is 1. The molecule has 1 aromatic carbocycles. The molecule has 0 aliphatic carbocycles. The molecule has 1 saturated heterocycles. The first-order valence-electron chi connectivity index (χ1n) is 7.08. The van der Waals surface area contributed by atoms with Crippen molar-refractivity contribution in [1.29, 1.82) is 0 Å². The maximum atomic E-state index is 12.3. The summed E-state index contributed by atoms with van der Waals surface area (Å²) in [4.78, 5) is 21.2. The second kappa shape index (κ2) is 5.69. The molecule has 1 aliphatic rings. The van der Waals surface area contributed by atoms with Gasteiger partial charge in [-0.05, 0) is 17.7 Å². The highest BCUT2D eigenvalue weighted by atomic mass is 32.2. The standard InChI is InChI=1S/C14H18N4O3S/c1-22(20,21)18-6-4-17(5-7-18)14(19)9-11-2-3-12-13(8-11)16-10-15-12/h2-3,8,10H,4-7,9H2,1H3,(H,15,16). The van der Waals surface area contributed by atoms with Gasteiger partial charge in [0.2, 0.25) is 15.9 Å². The third kappa shape index (κ3) is 3.12. The van der Waals surface area contributed by atoms with Crippen molar-refractivity contribution in [2.75, 3.05) is 32.4 Å².